The molecule has 1 saturated carbocycles. The highest BCUT2D eigenvalue weighted by molar-refractivity contribution is 4.77. The Balaban J connectivity index is 2.21. The van der Waals surface area contributed by atoms with E-state index in [4.69, 9.17) is 15.3 Å². The summed E-state index contributed by atoms with van der Waals surface area (Å²) in [5, 5.41) is 1.86. The van der Waals surface area contributed by atoms with Crippen molar-refractivity contribution in [2.24, 2.45) is 5.84 Å². The van der Waals surface area contributed by atoms with Crippen LogP contribution in [0.25, 0.3) is 0 Å². The standard InChI is InChI=1S/C10H22N2O2/c1-3-13-10(14-4-2)8-12(11)9-6-5-7-9/h9-10H,3-8,11H2,1-2H3. The molecule has 4 heteroatoms. The smallest absolute Gasteiger partial charge is 0.171 e. The topological polar surface area (TPSA) is 47.7 Å². The van der Waals surface area contributed by atoms with E-state index < -0.39 is 0 Å². The Morgan fingerprint density at radius 1 is 1.29 bits per heavy atom. The molecule has 1 fully saturated rings. The molecule has 1 aliphatic carbocycles. The third-order valence-corrected chi connectivity index (χ3v) is 2.61. The average molecular weight is 202 g/mol. The number of ether oxygens (including phenoxy) is 2. The molecular formula is C10H22N2O2. The Kier molecular flexibility index (Phi) is 5.40. The minimum atomic E-state index is -0.171. The van der Waals surface area contributed by atoms with Gasteiger partial charge in [-0.3, -0.25) is 5.84 Å². The summed E-state index contributed by atoms with van der Waals surface area (Å²) in [6.45, 7) is 5.95. The van der Waals surface area contributed by atoms with Gasteiger partial charge in [0.1, 0.15) is 0 Å². The van der Waals surface area contributed by atoms with Crippen LogP contribution in [0.15, 0.2) is 0 Å². The lowest BCUT2D eigenvalue weighted by Gasteiger charge is -2.35. The largest absolute Gasteiger partial charge is 0.352 e. The van der Waals surface area contributed by atoms with Crippen molar-refractivity contribution >= 4 is 0 Å². The zero-order chi connectivity index (χ0) is 10.4. The average Bonchev–Trinajstić information content (AvgIpc) is 2.01. The van der Waals surface area contributed by atoms with Crippen molar-refractivity contribution in [2.45, 2.75) is 45.4 Å². The maximum Gasteiger partial charge on any atom is 0.171 e. The Bertz CT molecular complexity index is 145. The fourth-order valence-electron chi connectivity index (χ4n) is 1.56. The van der Waals surface area contributed by atoms with E-state index in [0.717, 1.165) is 0 Å². The fraction of sp³-hybridized carbons (Fsp3) is 1.00. The second-order valence-corrected chi connectivity index (χ2v) is 3.62. The normalized spacial score (nSPS) is 17.8. The monoisotopic (exact) mass is 202 g/mol. The molecule has 0 radical (unpaired) electrons. The van der Waals surface area contributed by atoms with Gasteiger partial charge in [0, 0.05) is 19.3 Å². The van der Waals surface area contributed by atoms with E-state index in [0.29, 0.717) is 25.8 Å². The van der Waals surface area contributed by atoms with Crippen LogP contribution in [0.2, 0.25) is 0 Å². The number of hydrogen-bond donors (Lipinski definition) is 1. The molecule has 0 aromatic rings. The van der Waals surface area contributed by atoms with Crippen LogP contribution in [-0.4, -0.2) is 37.1 Å². The van der Waals surface area contributed by atoms with E-state index in [-0.39, 0.29) is 6.29 Å². The molecule has 0 heterocycles. The second kappa shape index (κ2) is 6.35. The Hall–Kier alpha value is -0.160. The van der Waals surface area contributed by atoms with Gasteiger partial charge in [-0.1, -0.05) is 6.42 Å². The number of rotatable bonds is 7. The number of nitrogens with zero attached hydrogens (tertiary/aromatic N) is 1. The summed E-state index contributed by atoms with van der Waals surface area (Å²) in [6, 6.07) is 0.540. The van der Waals surface area contributed by atoms with E-state index in [1.165, 1.54) is 19.3 Å². The van der Waals surface area contributed by atoms with Gasteiger partial charge < -0.3 is 9.47 Å². The molecule has 0 atom stereocenters. The van der Waals surface area contributed by atoms with Gasteiger partial charge >= 0.3 is 0 Å². The molecule has 84 valence electrons. The predicted octanol–water partition coefficient (Wildman–Crippen LogP) is 1.11. The van der Waals surface area contributed by atoms with E-state index >= 15 is 0 Å². The van der Waals surface area contributed by atoms with Crippen LogP contribution in [0.4, 0.5) is 0 Å². The highest BCUT2D eigenvalue weighted by Gasteiger charge is 2.24. The number of nitrogens with two attached hydrogens (primary N) is 1. The summed E-state index contributed by atoms with van der Waals surface area (Å²) in [6.07, 6.45) is 3.55. The lowest BCUT2D eigenvalue weighted by molar-refractivity contribution is -0.153. The van der Waals surface area contributed by atoms with Crippen molar-refractivity contribution in [1.29, 1.82) is 0 Å². The van der Waals surface area contributed by atoms with E-state index in [2.05, 4.69) is 0 Å². The maximum absolute atomic E-state index is 5.91. The molecule has 14 heavy (non-hydrogen) atoms. The third-order valence-electron chi connectivity index (χ3n) is 2.61. The molecule has 4 nitrogen and oxygen atoms in total. The number of hydrogen-bond acceptors (Lipinski definition) is 4. The molecule has 0 spiro atoms. The van der Waals surface area contributed by atoms with Gasteiger partial charge in [-0.2, -0.15) is 0 Å². The summed E-state index contributed by atoms with van der Waals surface area (Å²) < 4.78 is 10.9. The minimum absolute atomic E-state index is 0.171. The predicted molar refractivity (Wildman–Crippen MR) is 55.6 cm³/mol. The highest BCUT2D eigenvalue weighted by atomic mass is 16.7. The van der Waals surface area contributed by atoms with Crippen molar-refractivity contribution in [3.63, 3.8) is 0 Å². The van der Waals surface area contributed by atoms with Gasteiger partial charge in [0.05, 0.1) is 6.54 Å². The summed E-state index contributed by atoms with van der Waals surface area (Å²) >= 11 is 0. The van der Waals surface area contributed by atoms with Crippen molar-refractivity contribution in [2.75, 3.05) is 19.8 Å². The zero-order valence-electron chi connectivity index (χ0n) is 9.24. The fourth-order valence-corrected chi connectivity index (χ4v) is 1.56. The molecule has 0 aromatic heterocycles. The second-order valence-electron chi connectivity index (χ2n) is 3.62. The van der Waals surface area contributed by atoms with Gasteiger partial charge in [0.25, 0.3) is 0 Å². The first kappa shape index (κ1) is 11.9. The van der Waals surface area contributed by atoms with Gasteiger partial charge in [-0.05, 0) is 26.7 Å². The first-order valence-electron chi connectivity index (χ1n) is 5.52. The SMILES string of the molecule is CCOC(CN(N)C1CCC1)OCC. The van der Waals surface area contributed by atoms with Crippen LogP contribution in [0.1, 0.15) is 33.1 Å². The molecule has 2 N–H and O–H groups in total. The van der Waals surface area contributed by atoms with Crippen molar-refractivity contribution in [3.05, 3.63) is 0 Å². The molecule has 0 bridgehead atoms. The summed E-state index contributed by atoms with van der Waals surface area (Å²) in [4.78, 5) is 0. The van der Waals surface area contributed by atoms with Crippen LogP contribution >= 0.6 is 0 Å². The molecule has 0 aromatic carbocycles. The maximum atomic E-state index is 5.91. The molecule has 0 saturated heterocycles. The lowest BCUT2D eigenvalue weighted by atomic mass is 9.93. The lowest BCUT2D eigenvalue weighted by Crippen LogP contribution is -2.49. The first-order valence-corrected chi connectivity index (χ1v) is 5.52. The summed E-state index contributed by atoms with van der Waals surface area (Å²) in [5.74, 6) is 5.91. The molecule has 1 aliphatic rings. The minimum Gasteiger partial charge on any atom is -0.352 e. The molecule has 1 rings (SSSR count). The van der Waals surface area contributed by atoms with Gasteiger partial charge in [-0.25, -0.2) is 5.01 Å². The van der Waals surface area contributed by atoms with Crippen molar-refractivity contribution in [1.82, 2.24) is 5.01 Å². The van der Waals surface area contributed by atoms with Crippen molar-refractivity contribution < 1.29 is 9.47 Å². The van der Waals surface area contributed by atoms with E-state index in [9.17, 15) is 0 Å². The van der Waals surface area contributed by atoms with Gasteiger partial charge in [0.15, 0.2) is 6.29 Å². The van der Waals surface area contributed by atoms with Crippen LogP contribution in [0.3, 0.4) is 0 Å². The van der Waals surface area contributed by atoms with E-state index in [1.807, 2.05) is 18.9 Å². The van der Waals surface area contributed by atoms with Gasteiger partial charge in [-0.15, -0.1) is 0 Å². The zero-order valence-corrected chi connectivity index (χ0v) is 9.24. The Morgan fingerprint density at radius 3 is 2.21 bits per heavy atom. The molecule has 0 aliphatic heterocycles. The van der Waals surface area contributed by atoms with Gasteiger partial charge in [0.2, 0.25) is 0 Å². The van der Waals surface area contributed by atoms with Crippen molar-refractivity contribution in [3.8, 4) is 0 Å². The number of hydrazine groups is 1. The third kappa shape index (κ3) is 3.53. The quantitative estimate of drug-likeness (QED) is 0.382. The Morgan fingerprint density at radius 2 is 1.86 bits per heavy atom. The summed E-state index contributed by atoms with van der Waals surface area (Å²) in [7, 11) is 0. The van der Waals surface area contributed by atoms with Crippen LogP contribution < -0.4 is 5.84 Å². The van der Waals surface area contributed by atoms with E-state index in [1.54, 1.807) is 0 Å². The Labute approximate surface area is 86.3 Å². The van der Waals surface area contributed by atoms with Crippen LogP contribution in [0, 0.1) is 0 Å². The van der Waals surface area contributed by atoms with Crippen LogP contribution in [0.5, 0.6) is 0 Å². The first-order chi connectivity index (χ1) is 6.77. The molecular weight excluding hydrogens is 180 g/mol. The molecule has 0 unspecified atom stereocenters. The van der Waals surface area contributed by atoms with Crippen LogP contribution in [-0.2, 0) is 9.47 Å². The summed E-state index contributed by atoms with van der Waals surface area (Å²) in [5.41, 5.74) is 0. The highest BCUT2D eigenvalue weighted by Crippen LogP contribution is 2.22. The molecule has 0 amide bonds.